The van der Waals surface area contributed by atoms with Crippen LogP contribution in [0.2, 0.25) is 0 Å². The van der Waals surface area contributed by atoms with Gasteiger partial charge in [-0.2, -0.15) is 0 Å². The van der Waals surface area contributed by atoms with Gasteiger partial charge in [-0.15, -0.1) is 0 Å². The molecule has 6 heteroatoms. The largest absolute Gasteiger partial charge is 0.481 e. The fraction of sp³-hybridized carbons (Fsp3) is 0.500. The molecule has 0 bridgehead atoms. The second kappa shape index (κ2) is 7.91. The van der Waals surface area contributed by atoms with Crippen LogP contribution in [0.4, 0.5) is 0 Å². The van der Waals surface area contributed by atoms with Crippen LogP contribution >= 0.6 is 0 Å². The van der Waals surface area contributed by atoms with Gasteiger partial charge in [0, 0.05) is 20.2 Å². The fourth-order valence-electron chi connectivity index (χ4n) is 2.55. The molecule has 1 saturated heterocycles. The van der Waals surface area contributed by atoms with Crippen LogP contribution in [-0.4, -0.2) is 54.8 Å². The highest BCUT2D eigenvalue weighted by Gasteiger charge is 2.25. The molecule has 6 nitrogen and oxygen atoms in total. The summed E-state index contributed by atoms with van der Waals surface area (Å²) in [6.45, 7) is 1.74. The first-order valence-corrected chi connectivity index (χ1v) is 7.26. The third-order valence-corrected chi connectivity index (χ3v) is 3.55. The monoisotopic (exact) mass is 307 g/mol. The number of nitrogens with zero attached hydrogens (tertiary/aromatic N) is 1. The van der Waals surface area contributed by atoms with Crippen molar-refractivity contribution in [1.82, 2.24) is 4.90 Å². The Balaban J connectivity index is 1.93. The maximum atomic E-state index is 12.4. The molecule has 1 aromatic rings. The quantitative estimate of drug-likeness (QED) is 0.851. The Bertz CT molecular complexity index is 531. The van der Waals surface area contributed by atoms with Crippen molar-refractivity contribution in [2.45, 2.75) is 25.6 Å². The van der Waals surface area contributed by atoms with Crippen molar-refractivity contribution in [3.05, 3.63) is 35.4 Å². The Kier molecular flexibility index (Phi) is 5.91. The summed E-state index contributed by atoms with van der Waals surface area (Å²) in [7, 11) is 1.63. The van der Waals surface area contributed by atoms with Gasteiger partial charge in [-0.25, -0.2) is 0 Å². The third-order valence-electron chi connectivity index (χ3n) is 3.55. The van der Waals surface area contributed by atoms with Gasteiger partial charge in [-0.3, -0.25) is 9.59 Å². The number of morpholine rings is 1. The van der Waals surface area contributed by atoms with Gasteiger partial charge in [0.15, 0.2) is 0 Å². The molecule has 1 aromatic carbocycles. The predicted octanol–water partition coefficient (Wildman–Crippen LogP) is 1.08. The smallest absolute Gasteiger partial charge is 0.306 e. The second-order valence-electron chi connectivity index (χ2n) is 5.36. The lowest BCUT2D eigenvalue weighted by Gasteiger charge is -2.32. The van der Waals surface area contributed by atoms with Crippen LogP contribution in [0.3, 0.4) is 0 Å². The van der Waals surface area contributed by atoms with E-state index in [1.165, 1.54) is 0 Å². The zero-order chi connectivity index (χ0) is 15.9. The Morgan fingerprint density at radius 2 is 2.18 bits per heavy atom. The Labute approximate surface area is 129 Å². The minimum absolute atomic E-state index is 0.00624. The van der Waals surface area contributed by atoms with Gasteiger partial charge in [0.05, 0.1) is 32.2 Å². The number of carbonyl (C=O) groups is 2. The summed E-state index contributed by atoms with van der Waals surface area (Å²) in [5, 5.41) is 8.81. The zero-order valence-corrected chi connectivity index (χ0v) is 12.7. The molecular weight excluding hydrogens is 286 g/mol. The summed E-state index contributed by atoms with van der Waals surface area (Å²) in [5.41, 5.74) is 1.96. The van der Waals surface area contributed by atoms with Gasteiger partial charge in [-0.1, -0.05) is 24.3 Å². The maximum Gasteiger partial charge on any atom is 0.306 e. The van der Waals surface area contributed by atoms with E-state index < -0.39 is 12.1 Å². The number of benzene rings is 1. The number of carboxylic acids is 1. The summed E-state index contributed by atoms with van der Waals surface area (Å²) < 4.78 is 10.5. The molecule has 1 amide bonds. The van der Waals surface area contributed by atoms with Gasteiger partial charge in [0.25, 0.3) is 0 Å². The molecule has 1 aliphatic heterocycles. The van der Waals surface area contributed by atoms with Crippen LogP contribution in [0.5, 0.6) is 0 Å². The molecule has 1 aliphatic rings. The number of carboxylic acid groups (broad SMARTS) is 1. The lowest BCUT2D eigenvalue weighted by atomic mass is 10.1. The number of hydrogen-bond donors (Lipinski definition) is 1. The average Bonchev–Trinajstić information content (AvgIpc) is 2.47. The highest BCUT2D eigenvalue weighted by atomic mass is 16.5. The lowest BCUT2D eigenvalue weighted by molar-refractivity contribution is -0.147. The van der Waals surface area contributed by atoms with Crippen LogP contribution in [0, 0.1) is 0 Å². The third kappa shape index (κ3) is 4.82. The van der Waals surface area contributed by atoms with Crippen molar-refractivity contribution in [1.29, 1.82) is 0 Å². The normalized spacial score (nSPS) is 18.2. The van der Waals surface area contributed by atoms with Crippen LogP contribution < -0.4 is 0 Å². The number of amides is 1. The van der Waals surface area contributed by atoms with Crippen LogP contribution in [0.1, 0.15) is 17.5 Å². The van der Waals surface area contributed by atoms with Crippen molar-refractivity contribution in [3.63, 3.8) is 0 Å². The standard InChI is InChI=1S/C16H21NO5/c1-21-11-13-4-2-3-12(7-13)8-15(18)17-5-6-22-14(10-17)9-16(19)20/h2-4,7,14H,5-6,8-11H2,1H3,(H,19,20). The number of aliphatic carboxylic acids is 1. The molecule has 0 aromatic heterocycles. The molecular formula is C16H21NO5. The van der Waals surface area contributed by atoms with Gasteiger partial charge < -0.3 is 19.5 Å². The molecule has 22 heavy (non-hydrogen) atoms. The van der Waals surface area contributed by atoms with Gasteiger partial charge in [0.2, 0.25) is 5.91 Å². The molecule has 2 rings (SSSR count). The predicted molar refractivity (Wildman–Crippen MR) is 79.4 cm³/mol. The summed E-state index contributed by atoms with van der Waals surface area (Å²) in [5.74, 6) is -0.917. The first kappa shape index (κ1) is 16.5. The summed E-state index contributed by atoms with van der Waals surface area (Å²) in [6, 6.07) is 7.72. The van der Waals surface area contributed by atoms with Crippen molar-refractivity contribution in [2.75, 3.05) is 26.8 Å². The van der Waals surface area contributed by atoms with Crippen molar-refractivity contribution in [3.8, 4) is 0 Å². The highest BCUT2D eigenvalue weighted by Crippen LogP contribution is 2.13. The Morgan fingerprint density at radius 3 is 2.91 bits per heavy atom. The van der Waals surface area contributed by atoms with E-state index in [1.807, 2.05) is 24.3 Å². The topological polar surface area (TPSA) is 76.1 Å². The summed E-state index contributed by atoms with van der Waals surface area (Å²) >= 11 is 0. The van der Waals surface area contributed by atoms with Gasteiger partial charge in [0.1, 0.15) is 0 Å². The molecule has 1 unspecified atom stereocenters. The number of methoxy groups -OCH3 is 1. The molecule has 1 heterocycles. The number of hydrogen-bond acceptors (Lipinski definition) is 4. The summed E-state index contributed by atoms with van der Waals surface area (Å²) in [4.78, 5) is 24.8. The minimum Gasteiger partial charge on any atom is -0.481 e. The number of carbonyl (C=O) groups excluding carboxylic acids is 1. The van der Waals surface area contributed by atoms with E-state index in [0.717, 1.165) is 11.1 Å². The molecule has 1 N–H and O–H groups in total. The first-order chi connectivity index (χ1) is 10.6. The van der Waals surface area contributed by atoms with Crippen LogP contribution in [0.25, 0.3) is 0 Å². The van der Waals surface area contributed by atoms with Gasteiger partial charge >= 0.3 is 5.97 Å². The maximum absolute atomic E-state index is 12.4. The van der Waals surface area contributed by atoms with Crippen molar-refractivity contribution >= 4 is 11.9 Å². The van der Waals surface area contributed by atoms with E-state index in [0.29, 0.717) is 32.7 Å². The SMILES string of the molecule is COCc1cccc(CC(=O)N2CCOC(CC(=O)O)C2)c1. The molecule has 1 atom stereocenters. The average molecular weight is 307 g/mol. The Morgan fingerprint density at radius 1 is 1.41 bits per heavy atom. The van der Waals surface area contributed by atoms with Crippen molar-refractivity contribution in [2.24, 2.45) is 0 Å². The molecule has 0 radical (unpaired) electrons. The highest BCUT2D eigenvalue weighted by molar-refractivity contribution is 5.79. The van der Waals surface area contributed by atoms with E-state index in [-0.39, 0.29) is 12.3 Å². The van der Waals surface area contributed by atoms with E-state index in [9.17, 15) is 9.59 Å². The lowest BCUT2D eigenvalue weighted by Crippen LogP contribution is -2.46. The van der Waals surface area contributed by atoms with E-state index >= 15 is 0 Å². The fourth-order valence-corrected chi connectivity index (χ4v) is 2.55. The number of rotatable bonds is 6. The van der Waals surface area contributed by atoms with Crippen molar-refractivity contribution < 1.29 is 24.2 Å². The van der Waals surface area contributed by atoms with Gasteiger partial charge in [-0.05, 0) is 11.1 Å². The zero-order valence-electron chi connectivity index (χ0n) is 12.7. The van der Waals surface area contributed by atoms with Crippen LogP contribution in [0.15, 0.2) is 24.3 Å². The van der Waals surface area contributed by atoms with Crippen LogP contribution in [-0.2, 0) is 32.1 Å². The minimum atomic E-state index is -0.911. The molecule has 0 aliphatic carbocycles. The molecule has 120 valence electrons. The molecule has 1 fully saturated rings. The first-order valence-electron chi connectivity index (χ1n) is 7.26. The number of ether oxygens (including phenoxy) is 2. The molecule has 0 spiro atoms. The summed E-state index contributed by atoms with van der Waals surface area (Å²) in [6.07, 6.45) is -0.195. The Hall–Kier alpha value is -1.92. The van der Waals surface area contributed by atoms with E-state index in [4.69, 9.17) is 14.6 Å². The molecule has 0 saturated carbocycles. The second-order valence-corrected chi connectivity index (χ2v) is 5.36. The van der Waals surface area contributed by atoms with E-state index in [2.05, 4.69) is 0 Å². The van der Waals surface area contributed by atoms with E-state index in [1.54, 1.807) is 12.0 Å².